The van der Waals surface area contributed by atoms with E-state index in [1.54, 1.807) is 0 Å². The summed E-state index contributed by atoms with van der Waals surface area (Å²) in [6, 6.07) is 6.01. The molecule has 0 radical (unpaired) electrons. The van der Waals surface area contributed by atoms with E-state index in [9.17, 15) is 0 Å². The molecule has 1 heterocycles. The van der Waals surface area contributed by atoms with Crippen LogP contribution in [0.15, 0.2) is 43.2 Å². The molecule has 0 bridgehead atoms. The van der Waals surface area contributed by atoms with E-state index in [4.69, 9.17) is 9.90 Å². The number of rotatable bonds is 2. The lowest BCUT2D eigenvalue weighted by molar-refractivity contribution is -0.687. The molecule has 0 aromatic carbocycles. The van der Waals surface area contributed by atoms with Crippen LogP contribution < -0.4 is 9.67 Å². The SMILES string of the molecule is C=CC[n+]1ccccc1.CC(=O)[O-]. The lowest BCUT2D eigenvalue weighted by atomic mass is 10.5. The molecule has 1 aromatic rings. The molecule has 0 spiro atoms. The Kier molecular flexibility index (Phi) is 6.15. The number of hydrogen-bond donors (Lipinski definition) is 0. The van der Waals surface area contributed by atoms with Crippen LogP contribution in [0.25, 0.3) is 0 Å². The highest BCUT2D eigenvalue weighted by molar-refractivity contribution is 5.60. The Morgan fingerprint density at radius 2 is 1.92 bits per heavy atom. The molecule has 0 atom stereocenters. The van der Waals surface area contributed by atoms with Crippen molar-refractivity contribution in [1.29, 1.82) is 0 Å². The summed E-state index contributed by atoms with van der Waals surface area (Å²) in [5, 5.41) is 8.89. The van der Waals surface area contributed by atoms with Gasteiger partial charge in [0.05, 0.1) is 0 Å². The normalized spacial score (nSPS) is 8.08. The molecular formula is C10H13NO2. The molecule has 13 heavy (non-hydrogen) atoms. The van der Waals surface area contributed by atoms with Gasteiger partial charge in [-0.25, -0.2) is 4.57 Å². The summed E-state index contributed by atoms with van der Waals surface area (Å²) in [6.07, 6.45) is 5.91. The third kappa shape index (κ3) is 8.26. The Balaban J connectivity index is 0.000000310. The lowest BCUT2D eigenvalue weighted by Crippen LogP contribution is -2.30. The second kappa shape index (κ2) is 7.03. The number of hydrogen-bond acceptors (Lipinski definition) is 2. The first kappa shape index (κ1) is 11.4. The highest BCUT2D eigenvalue weighted by Gasteiger charge is 1.88. The van der Waals surface area contributed by atoms with Crippen molar-refractivity contribution in [2.75, 3.05) is 0 Å². The quantitative estimate of drug-likeness (QED) is 0.470. The van der Waals surface area contributed by atoms with Crippen LogP contribution in [0, 0.1) is 0 Å². The van der Waals surface area contributed by atoms with Gasteiger partial charge in [-0.05, 0) is 13.0 Å². The Bertz CT molecular complexity index is 253. The molecule has 0 amide bonds. The van der Waals surface area contributed by atoms with Gasteiger partial charge in [0.15, 0.2) is 18.9 Å². The van der Waals surface area contributed by atoms with Gasteiger partial charge in [0.1, 0.15) is 0 Å². The number of allylic oxidation sites excluding steroid dienone is 1. The van der Waals surface area contributed by atoms with Gasteiger partial charge >= 0.3 is 0 Å². The van der Waals surface area contributed by atoms with Crippen molar-refractivity contribution in [3.8, 4) is 0 Å². The Hall–Kier alpha value is -1.64. The number of nitrogens with zero attached hydrogens (tertiary/aromatic N) is 1. The second-order valence-electron chi connectivity index (χ2n) is 2.35. The average molecular weight is 179 g/mol. The van der Waals surface area contributed by atoms with Crippen LogP contribution in [0.2, 0.25) is 0 Å². The van der Waals surface area contributed by atoms with Crippen molar-refractivity contribution in [2.45, 2.75) is 13.5 Å². The third-order valence-corrected chi connectivity index (χ3v) is 1.12. The molecule has 3 nitrogen and oxygen atoms in total. The summed E-state index contributed by atoms with van der Waals surface area (Å²) in [5.74, 6) is -1.08. The predicted molar refractivity (Wildman–Crippen MR) is 47.5 cm³/mol. The molecule has 0 aliphatic carbocycles. The number of carboxylic acids is 1. The molecule has 3 heteroatoms. The van der Waals surface area contributed by atoms with E-state index in [2.05, 4.69) is 11.1 Å². The lowest BCUT2D eigenvalue weighted by Gasteiger charge is -1.86. The van der Waals surface area contributed by atoms with E-state index in [0.717, 1.165) is 13.5 Å². The number of aliphatic carboxylic acids is 1. The fraction of sp³-hybridized carbons (Fsp3) is 0.200. The van der Waals surface area contributed by atoms with E-state index in [-0.39, 0.29) is 0 Å². The molecule has 0 saturated carbocycles. The van der Waals surface area contributed by atoms with E-state index in [1.807, 2.05) is 36.7 Å². The number of aromatic nitrogens is 1. The first-order valence-corrected chi connectivity index (χ1v) is 3.89. The summed E-state index contributed by atoms with van der Waals surface area (Å²) in [4.78, 5) is 8.89. The monoisotopic (exact) mass is 179 g/mol. The zero-order valence-corrected chi connectivity index (χ0v) is 7.64. The van der Waals surface area contributed by atoms with Crippen LogP contribution in [-0.4, -0.2) is 5.97 Å². The maximum absolute atomic E-state index is 8.89. The average Bonchev–Trinajstić information content (AvgIpc) is 2.06. The standard InChI is InChI=1S/C8H10N.C2H4O2/c1-2-6-9-7-4-3-5-8-9;1-2(3)4/h2-5,7-8H,1,6H2;1H3,(H,3,4)/q+1;/p-1. The maximum Gasteiger partial charge on any atom is 0.169 e. The topological polar surface area (TPSA) is 44.0 Å². The van der Waals surface area contributed by atoms with Gasteiger partial charge in [-0.2, -0.15) is 0 Å². The third-order valence-electron chi connectivity index (χ3n) is 1.12. The zero-order valence-electron chi connectivity index (χ0n) is 7.64. The zero-order chi connectivity index (χ0) is 10.1. The first-order chi connectivity index (χ1) is 6.16. The molecular weight excluding hydrogens is 166 g/mol. The van der Waals surface area contributed by atoms with Gasteiger partial charge in [0.2, 0.25) is 0 Å². The van der Waals surface area contributed by atoms with Crippen LogP contribution in [0.1, 0.15) is 6.92 Å². The molecule has 0 N–H and O–H groups in total. The highest BCUT2D eigenvalue weighted by Crippen LogP contribution is 1.75. The summed E-state index contributed by atoms with van der Waals surface area (Å²) in [6.45, 7) is 5.50. The number of carboxylic acid groups (broad SMARTS) is 1. The Labute approximate surface area is 78.0 Å². The van der Waals surface area contributed by atoms with Crippen molar-refractivity contribution in [1.82, 2.24) is 0 Å². The summed E-state index contributed by atoms with van der Waals surface area (Å²) >= 11 is 0. The maximum atomic E-state index is 8.89. The van der Waals surface area contributed by atoms with Crippen molar-refractivity contribution in [3.05, 3.63) is 43.2 Å². The van der Waals surface area contributed by atoms with Crippen LogP contribution in [0.4, 0.5) is 0 Å². The van der Waals surface area contributed by atoms with E-state index >= 15 is 0 Å². The van der Waals surface area contributed by atoms with Gasteiger partial charge in [0.25, 0.3) is 0 Å². The van der Waals surface area contributed by atoms with Crippen LogP contribution in [-0.2, 0) is 11.3 Å². The Morgan fingerprint density at radius 1 is 1.46 bits per heavy atom. The minimum atomic E-state index is -1.08. The molecule has 0 saturated heterocycles. The molecule has 70 valence electrons. The van der Waals surface area contributed by atoms with Gasteiger partial charge in [0, 0.05) is 18.1 Å². The van der Waals surface area contributed by atoms with E-state index < -0.39 is 5.97 Å². The van der Waals surface area contributed by atoms with Gasteiger partial charge in [-0.1, -0.05) is 12.6 Å². The molecule has 0 unspecified atom stereocenters. The smallest absolute Gasteiger partial charge is 0.169 e. The fourth-order valence-corrected chi connectivity index (χ4v) is 0.705. The largest absolute Gasteiger partial charge is 0.550 e. The minimum absolute atomic E-state index is 0.890. The van der Waals surface area contributed by atoms with Crippen molar-refractivity contribution >= 4 is 5.97 Å². The molecule has 0 aliphatic heterocycles. The van der Waals surface area contributed by atoms with Gasteiger partial charge in [-0.15, -0.1) is 0 Å². The summed E-state index contributed by atoms with van der Waals surface area (Å²) in [5.41, 5.74) is 0. The van der Waals surface area contributed by atoms with Crippen LogP contribution in [0.5, 0.6) is 0 Å². The molecule has 0 fully saturated rings. The number of pyridine rings is 1. The summed E-state index contributed by atoms with van der Waals surface area (Å²) < 4.78 is 2.06. The van der Waals surface area contributed by atoms with Crippen molar-refractivity contribution in [2.24, 2.45) is 0 Å². The Morgan fingerprint density at radius 3 is 2.31 bits per heavy atom. The van der Waals surface area contributed by atoms with Crippen molar-refractivity contribution in [3.63, 3.8) is 0 Å². The van der Waals surface area contributed by atoms with Gasteiger partial charge in [-0.3, -0.25) is 0 Å². The van der Waals surface area contributed by atoms with E-state index in [0.29, 0.717) is 0 Å². The van der Waals surface area contributed by atoms with Crippen molar-refractivity contribution < 1.29 is 14.5 Å². The fourth-order valence-electron chi connectivity index (χ4n) is 0.705. The second-order valence-corrected chi connectivity index (χ2v) is 2.35. The highest BCUT2D eigenvalue weighted by atomic mass is 16.4. The molecule has 0 aliphatic rings. The molecule has 1 aromatic heterocycles. The summed E-state index contributed by atoms with van der Waals surface area (Å²) in [7, 11) is 0. The van der Waals surface area contributed by atoms with E-state index in [1.165, 1.54) is 0 Å². The molecule has 1 rings (SSSR count). The van der Waals surface area contributed by atoms with Crippen LogP contribution >= 0.6 is 0 Å². The first-order valence-electron chi connectivity index (χ1n) is 3.89. The minimum Gasteiger partial charge on any atom is -0.550 e. The van der Waals surface area contributed by atoms with Crippen LogP contribution in [0.3, 0.4) is 0 Å². The number of carbonyl (C=O) groups is 1. The van der Waals surface area contributed by atoms with Gasteiger partial charge < -0.3 is 9.90 Å². The number of carbonyl (C=O) groups excluding carboxylic acids is 1. The predicted octanol–water partition coefficient (Wildman–Crippen LogP) is -0.0837.